The summed E-state index contributed by atoms with van der Waals surface area (Å²) in [5, 5.41) is 25.9. The Kier molecular flexibility index (Phi) is 36.0. The molecule has 37 nitrogen and oxygen atoms in total. The van der Waals surface area contributed by atoms with E-state index < -0.39 is 95.8 Å². The molecule has 7 unspecified atom stereocenters. The number of carboxylic acids is 1. The van der Waals surface area contributed by atoms with Crippen molar-refractivity contribution in [1.29, 1.82) is 0 Å². The average Bonchev–Trinajstić information content (AvgIpc) is 3.50. The van der Waals surface area contributed by atoms with Gasteiger partial charge in [-0.2, -0.15) is 13.2 Å². The van der Waals surface area contributed by atoms with Crippen molar-refractivity contribution in [2.75, 3.05) is 45.8 Å². The maximum Gasteiger partial charge on any atom is 0.490 e. The molecule has 40 heteroatoms. The normalized spacial score (nSPS) is 19.9. The van der Waals surface area contributed by atoms with Gasteiger partial charge >= 0.3 is 12.1 Å². The summed E-state index contributed by atoms with van der Waals surface area (Å²) in [6.07, 6.45) is -5.02. The summed E-state index contributed by atoms with van der Waals surface area (Å²) in [5.74, 6) is -10.5. The number of aliphatic carboxylic acids is 1. The van der Waals surface area contributed by atoms with Crippen LogP contribution in [0.15, 0.2) is 34.9 Å². The third kappa shape index (κ3) is 35.9. The van der Waals surface area contributed by atoms with E-state index >= 15 is 0 Å². The summed E-state index contributed by atoms with van der Waals surface area (Å²) in [6, 6.07) is -9.91. The molecule has 0 aliphatic carbocycles. The number of rotatable bonds is 28. The lowest BCUT2D eigenvalue weighted by Gasteiger charge is -2.27. The van der Waals surface area contributed by atoms with Crippen LogP contribution in [-0.4, -0.2) is 188 Å². The van der Waals surface area contributed by atoms with Gasteiger partial charge in [-0.3, -0.25) is 68.5 Å². The number of hydrogen-bond acceptors (Lipinski definition) is 15. The summed E-state index contributed by atoms with van der Waals surface area (Å²) < 4.78 is 31.7. The van der Waals surface area contributed by atoms with Gasteiger partial charge in [0.05, 0.1) is 0 Å². The minimum atomic E-state index is -5.08. The minimum absolute atomic E-state index is 0.0168. The lowest BCUT2D eigenvalue weighted by molar-refractivity contribution is -0.192. The second kappa shape index (κ2) is 40.6. The summed E-state index contributed by atoms with van der Waals surface area (Å²) in [4.78, 5) is 138. The quantitative estimate of drug-likeness (QED) is 0.0196. The number of hydrogen-bond donors (Lipinski definition) is 22. The van der Waals surface area contributed by atoms with E-state index in [1.807, 2.05) is 0 Å². The summed E-state index contributed by atoms with van der Waals surface area (Å²) in [7, 11) is 0. The van der Waals surface area contributed by atoms with Crippen LogP contribution in [0.4, 0.5) is 13.2 Å². The number of alkyl halides is 3. The Bertz CT molecular complexity index is 1930. The lowest BCUT2D eigenvalue weighted by atomic mass is 10.0. The third-order valence-electron chi connectivity index (χ3n) is 11.3. The second-order valence-corrected chi connectivity index (χ2v) is 18.4. The predicted molar refractivity (Wildman–Crippen MR) is 307 cm³/mol. The van der Waals surface area contributed by atoms with Crippen molar-refractivity contribution < 1.29 is 56.6 Å². The molecule has 0 radical (unpaired) electrons. The van der Waals surface area contributed by atoms with Gasteiger partial charge in [-0.15, -0.1) is 0 Å². The first-order valence-electron chi connectivity index (χ1n) is 26.1. The molecule has 0 aromatic rings. The van der Waals surface area contributed by atoms with E-state index in [-0.39, 0.29) is 177 Å². The van der Waals surface area contributed by atoms with Gasteiger partial charge in [0.1, 0.15) is 42.3 Å². The first kappa shape index (κ1) is 74.4. The highest BCUT2D eigenvalue weighted by Crippen LogP contribution is 2.14. The van der Waals surface area contributed by atoms with E-state index in [2.05, 4.69) is 72.2 Å². The van der Waals surface area contributed by atoms with Crippen molar-refractivity contribution in [3.05, 3.63) is 0 Å². The van der Waals surface area contributed by atoms with Gasteiger partial charge in [0.2, 0.25) is 41.4 Å². The molecule has 0 aromatic heterocycles. The van der Waals surface area contributed by atoms with Crippen molar-refractivity contribution in [2.45, 2.75) is 138 Å². The van der Waals surface area contributed by atoms with E-state index in [0.717, 1.165) is 0 Å². The number of guanidine groups is 7. The topological polar surface area (TPSA) is 692 Å². The molecule has 7 atom stereocenters. The fourth-order valence-electron chi connectivity index (χ4n) is 7.31. The van der Waals surface area contributed by atoms with E-state index in [9.17, 15) is 46.7 Å². The van der Waals surface area contributed by atoms with E-state index in [1.54, 1.807) is 0 Å². The molecule has 1 rings (SSSR count). The number of carbonyl (C=O) groups is 8. The third-order valence-corrected chi connectivity index (χ3v) is 11.3. The summed E-state index contributed by atoms with van der Waals surface area (Å²) >= 11 is 0. The zero-order valence-electron chi connectivity index (χ0n) is 46.5. The van der Waals surface area contributed by atoms with Crippen LogP contribution in [0.25, 0.3) is 0 Å². The molecule has 1 aliphatic heterocycles. The van der Waals surface area contributed by atoms with Crippen LogP contribution in [0.1, 0.15) is 89.9 Å². The Morgan fingerprint density at radius 2 is 0.417 bits per heavy atom. The molecule has 1 heterocycles. The van der Waals surface area contributed by atoms with Gasteiger partial charge in [-0.05, 0) is 89.9 Å². The van der Waals surface area contributed by atoms with Crippen LogP contribution >= 0.6 is 0 Å². The van der Waals surface area contributed by atoms with Crippen molar-refractivity contribution >= 4 is 89.0 Å². The second-order valence-electron chi connectivity index (χ2n) is 18.4. The number of amides is 7. The summed E-state index contributed by atoms with van der Waals surface area (Å²) in [5.41, 5.74) is 77.6. The van der Waals surface area contributed by atoms with Crippen molar-refractivity contribution in [3.8, 4) is 0 Å². The smallest absolute Gasteiger partial charge is 0.475 e. The number of nitrogens with zero attached hydrogens (tertiary/aromatic N) is 7. The van der Waals surface area contributed by atoms with Gasteiger partial charge in [0.15, 0.2) is 41.7 Å². The molecule has 0 bridgehead atoms. The molecule has 0 saturated carbocycles. The van der Waals surface area contributed by atoms with E-state index in [4.69, 9.17) is 90.2 Å². The molecule has 1 aliphatic rings. The number of nitrogens with one attached hydrogen (secondary N) is 7. The first-order chi connectivity index (χ1) is 39.3. The first-order valence-corrected chi connectivity index (χ1v) is 26.1. The highest BCUT2D eigenvalue weighted by atomic mass is 19.4. The predicted octanol–water partition coefficient (Wildman–Crippen LogP) is -9.60. The van der Waals surface area contributed by atoms with Crippen LogP contribution < -0.4 is 117 Å². The zero-order valence-corrected chi connectivity index (χ0v) is 46.5. The van der Waals surface area contributed by atoms with Crippen molar-refractivity contribution in [1.82, 2.24) is 37.2 Å². The molecular formula is C44H85F3N28O9. The molecule has 1 fully saturated rings. The van der Waals surface area contributed by atoms with Crippen LogP contribution in [-0.2, 0) is 38.4 Å². The Balaban J connectivity index is 0.00000919. The Morgan fingerprint density at radius 3 is 0.500 bits per heavy atom. The van der Waals surface area contributed by atoms with Crippen LogP contribution in [0.5, 0.6) is 0 Å². The van der Waals surface area contributed by atoms with Gasteiger partial charge < -0.3 is 123 Å². The molecule has 476 valence electrons. The number of aliphatic imine (C=N–C) groups is 7. The van der Waals surface area contributed by atoms with Crippen LogP contribution in [0.3, 0.4) is 0 Å². The fraction of sp³-hybridized carbons (Fsp3) is 0.659. The Morgan fingerprint density at radius 1 is 0.310 bits per heavy atom. The number of carbonyl (C=O) groups excluding carboxylic acids is 7. The molecule has 36 N–H and O–H groups in total. The highest BCUT2D eigenvalue weighted by molar-refractivity contribution is 5.98. The summed E-state index contributed by atoms with van der Waals surface area (Å²) in [6.45, 7) is 0.117. The number of nitrogens with two attached hydrogens (primary N) is 14. The minimum Gasteiger partial charge on any atom is -0.475 e. The molecule has 0 spiro atoms. The van der Waals surface area contributed by atoms with E-state index in [0.29, 0.717) is 0 Å². The standard InChI is InChI=1S/C42H84N28O7.C2HF3O2/c43-36(44)57-15-1-8-22-29(71)65-24(10-3-17-59-38(47)48)31(73)67-26(12-5-19-61-40(51)52)33(75)69-28(14-7-21-63-42(55)56)35(77)70-27(13-6-20-62-41(53)54)34(76)68-25(11-4-18-60-39(49)50)32(74)66-23(30(72)64-22)9-2-16-58-37(45)46;3-2(4,5)1(6)7/h22-28H,1-21H2,(H,64,72)(H,65,71)(H,66,74)(H,67,73)(H,68,76)(H,69,75)(H,70,77)(H4,43,44,57)(H4,45,46,58)(H4,47,48,59)(H4,49,50,60)(H4,51,52,61)(H4,53,54,62)(H4,55,56,63);(H,6,7). The van der Waals surface area contributed by atoms with Gasteiger partial charge in [0, 0.05) is 45.8 Å². The SMILES string of the molecule is NC(N)=NCCCC1NC(=O)C(CCCN=C(N)N)NC(=O)C(CCCN=C(N)N)NC(=O)C(CCCN=C(N)N)NC(=O)C(CCCN=C(N)N)NC(=O)C(CCCN=C(N)N)NC(=O)C(CCCN=C(N)N)NC1=O.O=C(O)C(F)(F)F. The largest absolute Gasteiger partial charge is 0.490 e. The molecular weight excluding hydrogens is 1120 g/mol. The van der Waals surface area contributed by atoms with Crippen molar-refractivity contribution in [3.63, 3.8) is 0 Å². The van der Waals surface area contributed by atoms with Gasteiger partial charge in [-0.1, -0.05) is 0 Å². The highest BCUT2D eigenvalue weighted by Gasteiger charge is 2.39. The maximum absolute atomic E-state index is 14.4. The Hall–Kier alpha value is -9.56. The lowest BCUT2D eigenvalue weighted by Crippen LogP contribution is -2.59. The van der Waals surface area contributed by atoms with E-state index in [1.165, 1.54) is 0 Å². The van der Waals surface area contributed by atoms with Crippen molar-refractivity contribution in [2.24, 2.45) is 115 Å². The molecule has 1 saturated heterocycles. The fourth-order valence-corrected chi connectivity index (χ4v) is 7.31. The monoisotopic (exact) mass is 1210 g/mol. The van der Waals surface area contributed by atoms with Gasteiger partial charge in [0.25, 0.3) is 0 Å². The van der Waals surface area contributed by atoms with Crippen LogP contribution in [0, 0.1) is 0 Å². The number of halogens is 3. The van der Waals surface area contributed by atoms with Gasteiger partial charge in [-0.25, -0.2) is 4.79 Å². The maximum atomic E-state index is 14.4. The number of carboxylic acid groups (broad SMARTS) is 1. The average molecular weight is 1210 g/mol. The zero-order chi connectivity index (χ0) is 64.0. The molecule has 7 amide bonds. The Labute approximate surface area is 481 Å². The molecule has 0 aromatic carbocycles. The molecule has 84 heavy (non-hydrogen) atoms. The van der Waals surface area contributed by atoms with Crippen LogP contribution in [0.2, 0.25) is 0 Å².